The summed E-state index contributed by atoms with van der Waals surface area (Å²) in [5.74, 6) is -0.0388. The van der Waals surface area contributed by atoms with Crippen LogP contribution in [0.4, 0.5) is 10.1 Å². The molecule has 0 bridgehead atoms. The van der Waals surface area contributed by atoms with E-state index in [4.69, 9.17) is 4.74 Å². The molecule has 2 rings (SSSR count). The number of nitrogens with one attached hydrogen (secondary N) is 1. The molecule has 6 nitrogen and oxygen atoms in total. The molecule has 30 heavy (non-hydrogen) atoms. The average Bonchev–Trinajstić information content (AvgIpc) is 2.70. The molecule has 0 aliphatic carbocycles. The first-order valence-electron chi connectivity index (χ1n) is 9.78. The van der Waals surface area contributed by atoms with Crippen molar-refractivity contribution in [3.63, 3.8) is 0 Å². The highest BCUT2D eigenvalue weighted by molar-refractivity contribution is 7.92. The summed E-state index contributed by atoms with van der Waals surface area (Å²) in [6.45, 7) is 7.57. The summed E-state index contributed by atoms with van der Waals surface area (Å²) in [5.41, 5.74) is 0.202. The van der Waals surface area contributed by atoms with Crippen molar-refractivity contribution in [2.75, 3.05) is 18.0 Å². The Labute approximate surface area is 178 Å². The van der Waals surface area contributed by atoms with Crippen LogP contribution in [0.1, 0.15) is 27.7 Å². The standard InChI is InChI=1S/C22H29FN2O4S/c1-15(2)22(16(3)4)24-21(26)14-25(18-8-6-17(23)7-9-18)30(27,28)20-12-10-19(29-5)11-13-20/h6-13,15-16,22H,14H2,1-5H3,(H,24,26). The third kappa shape index (κ3) is 5.72. The lowest BCUT2D eigenvalue weighted by Gasteiger charge is -2.29. The third-order valence-electron chi connectivity index (χ3n) is 4.81. The zero-order chi connectivity index (χ0) is 22.5. The Hall–Kier alpha value is -2.61. The first kappa shape index (κ1) is 23.7. The van der Waals surface area contributed by atoms with Gasteiger partial charge in [0.15, 0.2) is 0 Å². The van der Waals surface area contributed by atoms with E-state index in [-0.39, 0.29) is 28.5 Å². The van der Waals surface area contributed by atoms with Gasteiger partial charge in [-0.05, 0) is 60.4 Å². The molecule has 164 valence electrons. The summed E-state index contributed by atoms with van der Waals surface area (Å²) in [7, 11) is -2.58. The van der Waals surface area contributed by atoms with Crippen molar-refractivity contribution in [3.8, 4) is 5.75 Å². The fourth-order valence-corrected chi connectivity index (χ4v) is 4.68. The highest BCUT2D eigenvalue weighted by Crippen LogP contribution is 2.25. The number of nitrogens with zero attached hydrogens (tertiary/aromatic N) is 1. The molecule has 0 aliphatic heterocycles. The number of carbonyl (C=O) groups is 1. The molecule has 1 amide bonds. The zero-order valence-electron chi connectivity index (χ0n) is 17.9. The van der Waals surface area contributed by atoms with Crippen LogP contribution >= 0.6 is 0 Å². The molecule has 0 heterocycles. The van der Waals surface area contributed by atoms with E-state index in [1.807, 2.05) is 27.7 Å². The topological polar surface area (TPSA) is 75.7 Å². The highest BCUT2D eigenvalue weighted by Gasteiger charge is 2.29. The first-order chi connectivity index (χ1) is 14.1. The molecule has 0 saturated heterocycles. The van der Waals surface area contributed by atoms with Crippen LogP contribution in [0.2, 0.25) is 0 Å². The van der Waals surface area contributed by atoms with E-state index in [1.165, 1.54) is 43.5 Å². The molecule has 0 unspecified atom stereocenters. The monoisotopic (exact) mass is 436 g/mol. The van der Waals surface area contributed by atoms with E-state index in [0.29, 0.717) is 5.75 Å². The Kier molecular flexibility index (Phi) is 7.83. The number of hydrogen-bond acceptors (Lipinski definition) is 4. The Morgan fingerprint density at radius 3 is 2.00 bits per heavy atom. The number of halogens is 1. The molecule has 1 N–H and O–H groups in total. The van der Waals surface area contributed by atoms with Crippen molar-refractivity contribution in [2.45, 2.75) is 38.6 Å². The van der Waals surface area contributed by atoms with Gasteiger partial charge in [0.2, 0.25) is 5.91 Å². The van der Waals surface area contributed by atoms with Gasteiger partial charge in [-0.3, -0.25) is 9.10 Å². The van der Waals surface area contributed by atoms with Gasteiger partial charge < -0.3 is 10.1 Å². The van der Waals surface area contributed by atoms with Crippen molar-refractivity contribution < 1.29 is 22.3 Å². The van der Waals surface area contributed by atoms with Crippen molar-refractivity contribution >= 4 is 21.6 Å². The summed E-state index contributed by atoms with van der Waals surface area (Å²) in [4.78, 5) is 12.8. The maximum Gasteiger partial charge on any atom is 0.264 e. The lowest BCUT2D eigenvalue weighted by molar-refractivity contribution is -0.121. The van der Waals surface area contributed by atoms with Gasteiger partial charge in [-0.15, -0.1) is 0 Å². The van der Waals surface area contributed by atoms with Crippen molar-refractivity contribution in [1.82, 2.24) is 5.32 Å². The summed E-state index contributed by atoms with van der Waals surface area (Å²) in [6.07, 6.45) is 0. The lowest BCUT2D eigenvalue weighted by atomic mass is 9.93. The zero-order valence-corrected chi connectivity index (χ0v) is 18.7. The molecule has 0 saturated carbocycles. The fraction of sp³-hybridized carbons (Fsp3) is 0.409. The van der Waals surface area contributed by atoms with Gasteiger partial charge in [-0.2, -0.15) is 0 Å². The van der Waals surface area contributed by atoms with Crippen molar-refractivity contribution in [1.29, 1.82) is 0 Å². The largest absolute Gasteiger partial charge is 0.497 e. The molecule has 0 aliphatic rings. The number of carbonyl (C=O) groups excluding carboxylic acids is 1. The van der Waals surface area contributed by atoms with Gasteiger partial charge in [0, 0.05) is 6.04 Å². The minimum atomic E-state index is -4.07. The molecular formula is C22H29FN2O4S. The minimum Gasteiger partial charge on any atom is -0.497 e. The van der Waals surface area contributed by atoms with Crippen LogP contribution in [-0.2, 0) is 14.8 Å². The molecular weight excluding hydrogens is 407 g/mol. The molecule has 8 heteroatoms. The van der Waals surface area contributed by atoms with Crippen LogP contribution in [0.5, 0.6) is 5.75 Å². The smallest absolute Gasteiger partial charge is 0.264 e. The van der Waals surface area contributed by atoms with E-state index in [9.17, 15) is 17.6 Å². The van der Waals surface area contributed by atoms with Crippen molar-refractivity contribution in [3.05, 3.63) is 54.3 Å². The number of rotatable bonds is 9. The SMILES string of the molecule is COc1ccc(S(=O)(=O)N(CC(=O)NC(C(C)C)C(C)C)c2ccc(F)cc2)cc1. The number of hydrogen-bond donors (Lipinski definition) is 1. The molecule has 0 atom stereocenters. The Morgan fingerprint density at radius 2 is 1.53 bits per heavy atom. The predicted molar refractivity (Wildman–Crippen MR) is 116 cm³/mol. The minimum absolute atomic E-state index is 0.00435. The summed E-state index contributed by atoms with van der Waals surface area (Å²) >= 11 is 0. The predicted octanol–water partition coefficient (Wildman–Crippen LogP) is 3.83. The van der Waals surface area contributed by atoms with E-state index in [1.54, 1.807) is 0 Å². The highest BCUT2D eigenvalue weighted by atomic mass is 32.2. The second-order valence-electron chi connectivity index (χ2n) is 7.74. The van der Waals surface area contributed by atoms with Crippen LogP contribution in [0.3, 0.4) is 0 Å². The molecule has 0 aromatic heterocycles. The van der Waals surface area contributed by atoms with Crippen molar-refractivity contribution in [2.24, 2.45) is 11.8 Å². The normalized spacial score (nSPS) is 11.8. The van der Waals surface area contributed by atoms with E-state index in [0.717, 1.165) is 16.4 Å². The molecule has 0 spiro atoms. The molecule has 0 radical (unpaired) electrons. The van der Waals surface area contributed by atoms with Crippen LogP contribution in [0.25, 0.3) is 0 Å². The summed E-state index contributed by atoms with van der Waals surface area (Å²) < 4.78 is 46.1. The van der Waals surface area contributed by atoms with E-state index in [2.05, 4.69) is 5.32 Å². The second kappa shape index (κ2) is 9.93. The number of methoxy groups -OCH3 is 1. The molecule has 0 fully saturated rings. The van der Waals surface area contributed by atoms with Crippen LogP contribution in [0.15, 0.2) is 53.4 Å². The lowest BCUT2D eigenvalue weighted by Crippen LogP contribution is -2.47. The van der Waals surface area contributed by atoms with Gasteiger partial charge in [-0.25, -0.2) is 12.8 Å². The Balaban J connectivity index is 2.39. The van der Waals surface area contributed by atoms with Gasteiger partial charge in [0.1, 0.15) is 18.1 Å². The Bertz CT molecular complexity index is 934. The van der Waals surface area contributed by atoms with Gasteiger partial charge in [0.05, 0.1) is 17.7 Å². The molecule has 2 aromatic carbocycles. The summed E-state index contributed by atoms with van der Waals surface area (Å²) in [5, 5.41) is 2.93. The van der Waals surface area contributed by atoms with Crippen LogP contribution < -0.4 is 14.4 Å². The quantitative estimate of drug-likeness (QED) is 0.648. The number of amides is 1. The maximum atomic E-state index is 13.4. The molecule has 2 aromatic rings. The number of sulfonamides is 1. The number of ether oxygens (including phenoxy) is 1. The fourth-order valence-electron chi connectivity index (χ4n) is 3.26. The average molecular weight is 437 g/mol. The van der Waals surface area contributed by atoms with Gasteiger partial charge >= 0.3 is 0 Å². The van der Waals surface area contributed by atoms with Gasteiger partial charge in [-0.1, -0.05) is 27.7 Å². The summed E-state index contributed by atoms with van der Waals surface area (Å²) in [6, 6.07) is 10.8. The first-order valence-corrected chi connectivity index (χ1v) is 11.2. The Morgan fingerprint density at radius 1 is 1.00 bits per heavy atom. The third-order valence-corrected chi connectivity index (χ3v) is 6.60. The number of benzene rings is 2. The van der Waals surface area contributed by atoms with Gasteiger partial charge in [0.25, 0.3) is 10.0 Å². The van der Waals surface area contributed by atoms with Crippen LogP contribution in [-0.4, -0.2) is 34.0 Å². The van der Waals surface area contributed by atoms with E-state index < -0.39 is 28.3 Å². The van der Waals surface area contributed by atoms with E-state index >= 15 is 0 Å². The van der Waals surface area contributed by atoms with Crippen LogP contribution in [0, 0.1) is 17.7 Å². The number of anilines is 1. The second-order valence-corrected chi connectivity index (χ2v) is 9.61. The maximum absolute atomic E-state index is 13.4.